The summed E-state index contributed by atoms with van der Waals surface area (Å²) in [5, 5.41) is 6.64. The molecule has 3 rings (SSSR count). The Morgan fingerprint density at radius 1 is 1.28 bits per heavy atom. The first-order valence-electron chi connectivity index (χ1n) is 6.35. The Balaban J connectivity index is 1.68. The molecule has 2 saturated carbocycles. The van der Waals surface area contributed by atoms with Crippen LogP contribution >= 0.6 is 11.3 Å². The molecular weight excluding hydrogens is 248 g/mol. The van der Waals surface area contributed by atoms with Crippen LogP contribution in [0.1, 0.15) is 40.9 Å². The molecule has 2 amide bonds. The monoisotopic (exact) mass is 264 g/mol. The molecule has 18 heavy (non-hydrogen) atoms. The lowest BCUT2D eigenvalue weighted by Gasteiger charge is -2.01. The smallest absolute Gasteiger partial charge is 0.261 e. The molecule has 1 heterocycles. The normalized spacial score (nSPS) is 18.5. The Kier molecular flexibility index (Phi) is 2.86. The predicted molar refractivity (Wildman–Crippen MR) is 70.9 cm³/mol. The minimum atomic E-state index is -0.00748. The van der Waals surface area contributed by atoms with E-state index in [0.717, 1.165) is 36.2 Å². The van der Waals surface area contributed by atoms with Crippen LogP contribution in [0.15, 0.2) is 6.07 Å². The lowest BCUT2D eigenvalue weighted by molar-refractivity contribution is -0.117. The molecule has 2 aliphatic rings. The van der Waals surface area contributed by atoms with Crippen molar-refractivity contribution in [3.05, 3.63) is 16.5 Å². The standard InChI is InChI=1S/C13H16N2O2S/c1-7-6-10(15-12(16)8-2-3-8)18-11(7)13(17)14-9-4-5-9/h6,8-9H,2-5H2,1H3,(H,14,17)(H,15,16). The van der Waals surface area contributed by atoms with Gasteiger partial charge in [-0.2, -0.15) is 0 Å². The van der Waals surface area contributed by atoms with Crippen molar-refractivity contribution in [2.75, 3.05) is 5.32 Å². The van der Waals surface area contributed by atoms with E-state index in [0.29, 0.717) is 10.9 Å². The zero-order valence-corrected chi connectivity index (χ0v) is 11.1. The van der Waals surface area contributed by atoms with Gasteiger partial charge in [-0.15, -0.1) is 11.3 Å². The van der Waals surface area contributed by atoms with Gasteiger partial charge in [0.25, 0.3) is 5.91 Å². The Hall–Kier alpha value is -1.36. The Labute approximate surface area is 110 Å². The third kappa shape index (κ3) is 2.56. The molecule has 2 N–H and O–H groups in total. The number of thiophene rings is 1. The molecule has 0 radical (unpaired) electrons. The summed E-state index contributed by atoms with van der Waals surface area (Å²) in [6.07, 6.45) is 4.15. The van der Waals surface area contributed by atoms with Crippen LogP contribution in [-0.4, -0.2) is 17.9 Å². The number of nitrogens with one attached hydrogen (secondary N) is 2. The van der Waals surface area contributed by atoms with Crippen molar-refractivity contribution in [2.45, 2.75) is 38.6 Å². The second kappa shape index (κ2) is 4.39. The van der Waals surface area contributed by atoms with Crippen molar-refractivity contribution >= 4 is 28.2 Å². The zero-order valence-electron chi connectivity index (χ0n) is 10.3. The zero-order chi connectivity index (χ0) is 12.7. The molecule has 0 bridgehead atoms. The number of carbonyl (C=O) groups is 2. The van der Waals surface area contributed by atoms with Gasteiger partial charge < -0.3 is 10.6 Å². The van der Waals surface area contributed by atoms with Crippen LogP contribution in [0.4, 0.5) is 5.00 Å². The van der Waals surface area contributed by atoms with E-state index in [-0.39, 0.29) is 17.7 Å². The molecule has 2 fully saturated rings. The van der Waals surface area contributed by atoms with E-state index < -0.39 is 0 Å². The van der Waals surface area contributed by atoms with Gasteiger partial charge in [-0.1, -0.05) is 0 Å². The van der Waals surface area contributed by atoms with Crippen LogP contribution in [-0.2, 0) is 4.79 Å². The first-order chi connectivity index (χ1) is 8.63. The van der Waals surface area contributed by atoms with E-state index in [1.54, 1.807) is 0 Å². The Bertz CT molecular complexity index is 501. The topological polar surface area (TPSA) is 58.2 Å². The number of aryl methyl sites for hydroxylation is 1. The third-order valence-corrected chi connectivity index (χ3v) is 4.38. The van der Waals surface area contributed by atoms with Crippen LogP contribution in [0.25, 0.3) is 0 Å². The fourth-order valence-corrected chi connectivity index (χ4v) is 2.80. The van der Waals surface area contributed by atoms with Crippen molar-refractivity contribution in [3.63, 3.8) is 0 Å². The van der Waals surface area contributed by atoms with Gasteiger partial charge >= 0.3 is 0 Å². The highest BCUT2D eigenvalue weighted by Crippen LogP contribution is 2.33. The quantitative estimate of drug-likeness (QED) is 0.876. The molecule has 1 aromatic rings. The average Bonchev–Trinajstić information content (AvgIpc) is 3.19. The third-order valence-electron chi connectivity index (χ3n) is 3.23. The molecule has 4 nitrogen and oxygen atoms in total. The van der Waals surface area contributed by atoms with Gasteiger partial charge in [0.15, 0.2) is 0 Å². The molecule has 1 aromatic heterocycles. The minimum absolute atomic E-state index is 0.00748. The molecule has 0 unspecified atom stereocenters. The Morgan fingerprint density at radius 3 is 2.61 bits per heavy atom. The van der Waals surface area contributed by atoms with Crippen molar-refractivity contribution in [1.29, 1.82) is 0 Å². The molecule has 0 spiro atoms. The number of carbonyl (C=O) groups excluding carboxylic acids is 2. The van der Waals surface area contributed by atoms with Crippen molar-refractivity contribution < 1.29 is 9.59 Å². The van der Waals surface area contributed by atoms with E-state index in [9.17, 15) is 9.59 Å². The van der Waals surface area contributed by atoms with Crippen LogP contribution in [0.5, 0.6) is 0 Å². The maximum Gasteiger partial charge on any atom is 0.261 e. The van der Waals surface area contributed by atoms with Crippen molar-refractivity contribution in [3.8, 4) is 0 Å². The van der Waals surface area contributed by atoms with Gasteiger partial charge in [0.05, 0.1) is 9.88 Å². The van der Waals surface area contributed by atoms with Crippen LogP contribution in [0, 0.1) is 12.8 Å². The van der Waals surface area contributed by atoms with Gasteiger partial charge in [-0.3, -0.25) is 9.59 Å². The van der Waals surface area contributed by atoms with Gasteiger partial charge in [0.1, 0.15) is 0 Å². The summed E-state index contributed by atoms with van der Waals surface area (Å²) >= 11 is 1.37. The van der Waals surface area contributed by atoms with Gasteiger partial charge in [0, 0.05) is 12.0 Å². The second-order valence-electron chi connectivity index (χ2n) is 5.13. The maximum absolute atomic E-state index is 11.9. The number of amides is 2. The van der Waals surface area contributed by atoms with Crippen LogP contribution < -0.4 is 10.6 Å². The van der Waals surface area contributed by atoms with Crippen LogP contribution in [0.3, 0.4) is 0 Å². The fraction of sp³-hybridized carbons (Fsp3) is 0.538. The number of hydrogen-bond donors (Lipinski definition) is 2. The highest BCUT2D eigenvalue weighted by Gasteiger charge is 2.30. The Morgan fingerprint density at radius 2 is 2.00 bits per heavy atom. The van der Waals surface area contributed by atoms with E-state index in [4.69, 9.17) is 0 Å². The summed E-state index contributed by atoms with van der Waals surface area (Å²) in [6.45, 7) is 1.91. The molecule has 0 saturated heterocycles. The van der Waals surface area contributed by atoms with Gasteiger partial charge in [-0.25, -0.2) is 0 Å². The van der Waals surface area contributed by atoms with E-state index >= 15 is 0 Å². The lowest BCUT2D eigenvalue weighted by atomic mass is 10.2. The molecule has 0 aromatic carbocycles. The largest absolute Gasteiger partial charge is 0.349 e. The van der Waals surface area contributed by atoms with Crippen molar-refractivity contribution in [1.82, 2.24) is 5.32 Å². The van der Waals surface area contributed by atoms with Gasteiger partial charge in [-0.05, 0) is 44.2 Å². The highest BCUT2D eigenvalue weighted by atomic mass is 32.1. The summed E-state index contributed by atoms with van der Waals surface area (Å²) in [6, 6.07) is 2.25. The first kappa shape index (κ1) is 11.7. The first-order valence-corrected chi connectivity index (χ1v) is 7.17. The SMILES string of the molecule is Cc1cc(NC(=O)C2CC2)sc1C(=O)NC1CC1. The van der Waals surface area contributed by atoms with Crippen LogP contribution in [0.2, 0.25) is 0 Å². The number of rotatable bonds is 4. The summed E-state index contributed by atoms with van der Waals surface area (Å²) in [7, 11) is 0. The summed E-state index contributed by atoms with van der Waals surface area (Å²) in [4.78, 5) is 24.3. The maximum atomic E-state index is 11.9. The molecule has 0 atom stereocenters. The second-order valence-corrected chi connectivity index (χ2v) is 6.19. The minimum Gasteiger partial charge on any atom is -0.349 e. The lowest BCUT2D eigenvalue weighted by Crippen LogP contribution is -2.24. The number of anilines is 1. The summed E-state index contributed by atoms with van der Waals surface area (Å²) in [5.41, 5.74) is 0.934. The molecule has 2 aliphatic carbocycles. The van der Waals surface area contributed by atoms with E-state index in [1.807, 2.05) is 13.0 Å². The van der Waals surface area contributed by atoms with E-state index in [1.165, 1.54) is 11.3 Å². The van der Waals surface area contributed by atoms with Gasteiger partial charge in [0.2, 0.25) is 5.91 Å². The molecular formula is C13H16N2O2S. The highest BCUT2D eigenvalue weighted by molar-refractivity contribution is 7.18. The fourth-order valence-electron chi connectivity index (χ4n) is 1.82. The molecule has 0 aliphatic heterocycles. The van der Waals surface area contributed by atoms with E-state index in [2.05, 4.69) is 10.6 Å². The average molecular weight is 264 g/mol. The molecule has 5 heteroatoms. The van der Waals surface area contributed by atoms with Crippen molar-refractivity contribution in [2.24, 2.45) is 5.92 Å². The molecule has 96 valence electrons. The summed E-state index contributed by atoms with van der Waals surface area (Å²) in [5.74, 6) is 0.272. The summed E-state index contributed by atoms with van der Waals surface area (Å²) < 4.78 is 0. The predicted octanol–water partition coefficient (Wildman–Crippen LogP) is 2.30. The number of hydrogen-bond acceptors (Lipinski definition) is 3.